The van der Waals surface area contributed by atoms with Gasteiger partial charge in [-0.3, -0.25) is 4.79 Å². The van der Waals surface area contributed by atoms with Crippen molar-refractivity contribution in [3.05, 3.63) is 0 Å². The minimum Gasteiger partial charge on any atom is -0.444 e. The number of piperidine rings is 1. The average molecular weight is 239 g/mol. The van der Waals surface area contributed by atoms with Crippen molar-refractivity contribution in [3.8, 4) is 0 Å². The quantitative estimate of drug-likeness (QED) is 0.652. The summed E-state index contributed by atoms with van der Waals surface area (Å²) in [5.74, 6) is 0.325. The lowest BCUT2D eigenvalue weighted by Crippen LogP contribution is -2.55. The lowest BCUT2D eigenvalue weighted by Gasteiger charge is -2.47. The average Bonchev–Trinajstić information content (AvgIpc) is 2.25. The predicted octanol–water partition coefficient (Wildman–Crippen LogP) is 2.37. The second kappa shape index (κ2) is 4.00. The Balaban J connectivity index is 1.98. The molecule has 0 radical (unpaired) electrons. The Hall–Kier alpha value is -1.06. The van der Waals surface area contributed by atoms with Crippen molar-refractivity contribution >= 4 is 11.9 Å². The lowest BCUT2D eigenvalue weighted by molar-refractivity contribution is -0.142. The first-order valence-electron chi connectivity index (χ1n) is 6.34. The highest BCUT2D eigenvalue weighted by Crippen LogP contribution is 2.44. The van der Waals surface area contributed by atoms with Gasteiger partial charge in [-0.1, -0.05) is 0 Å². The molecule has 0 aromatic rings. The van der Waals surface area contributed by atoms with Crippen LogP contribution in [0.3, 0.4) is 0 Å². The van der Waals surface area contributed by atoms with Crippen LogP contribution < -0.4 is 0 Å². The molecule has 0 aromatic carbocycles. The van der Waals surface area contributed by atoms with E-state index in [0.717, 1.165) is 19.3 Å². The molecular formula is C13H21NO3. The number of nitrogens with zero attached hydrogens (tertiary/aromatic N) is 1. The Bertz CT molecular complexity index is 345. The number of carbonyl (C=O) groups excluding carboxylic acids is 2. The summed E-state index contributed by atoms with van der Waals surface area (Å²) in [6.45, 7) is 6.85. The molecular weight excluding hydrogens is 218 g/mol. The van der Waals surface area contributed by atoms with Gasteiger partial charge in [-0.2, -0.15) is 0 Å². The minimum atomic E-state index is -0.467. The summed E-state index contributed by atoms with van der Waals surface area (Å²) in [5.41, 5.74) is -0.694. The van der Waals surface area contributed by atoms with Gasteiger partial charge in [0.05, 0.1) is 0 Å². The zero-order chi connectivity index (χ0) is 12.7. The number of rotatable bonds is 0. The number of Topliss-reactive ketones (excluding diaryl/α,β-unsaturated/α-hetero) is 1. The SMILES string of the molecule is CC(C)(C)OC(=O)N1CCCC2(CCC2=O)C1. The zero-order valence-electron chi connectivity index (χ0n) is 10.9. The van der Waals surface area contributed by atoms with Crippen molar-refractivity contribution in [2.24, 2.45) is 5.41 Å². The van der Waals surface area contributed by atoms with E-state index in [4.69, 9.17) is 4.74 Å². The van der Waals surface area contributed by atoms with Gasteiger partial charge < -0.3 is 9.64 Å². The molecule has 0 bridgehead atoms. The predicted molar refractivity (Wildman–Crippen MR) is 63.7 cm³/mol. The number of likely N-dealkylation sites (tertiary alicyclic amines) is 1. The molecule has 0 aromatic heterocycles. The van der Waals surface area contributed by atoms with Crippen LogP contribution in [0.4, 0.5) is 4.79 Å². The number of ketones is 1. The van der Waals surface area contributed by atoms with E-state index >= 15 is 0 Å². The van der Waals surface area contributed by atoms with E-state index in [1.165, 1.54) is 0 Å². The van der Waals surface area contributed by atoms with Gasteiger partial charge in [0.25, 0.3) is 0 Å². The monoisotopic (exact) mass is 239 g/mol. The summed E-state index contributed by atoms with van der Waals surface area (Å²) in [6.07, 6.45) is 3.18. The van der Waals surface area contributed by atoms with Crippen LogP contribution in [0, 0.1) is 5.41 Å². The molecule has 1 saturated carbocycles. The topological polar surface area (TPSA) is 46.6 Å². The first kappa shape index (κ1) is 12.4. The molecule has 17 heavy (non-hydrogen) atoms. The van der Waals surface area contributed by atoms with Gasteiger partial charge in [0.2, 0.25) is 0 Å². The maximum absolute atomic E-state index is 11.9. The van der Waals surface area contributed by atoms with Gasteiger partial charge in [0.1, 0.15) is 11.4 Å². The van der Waals surface area contributed by atoms with Gasteiger partial charge in [-0.25, -0.2) is 4.79 Å². The van der Waals surface area contributed by atoms with Gasteiger partial charge in [0, 0.05) is 24.9 Å². The standard InChI is InChI=1S/C13H21NO3/c1-12(2,3)17-11(16)14-8-4-6-13(9-14)7-5-10(13)15/h4-9H2,1-3H3. The summed E-state index contributed by atoms with van der Waals surface area (Å²) < 4.78 is 5.35. The fourth-order valence-electron chi connectivity index (χ4n) is 2.63. The van der Waals surface area contributed by atoms with Crippen LogP contribution in [0.1, 0.15) is 46.5 Å². The van der Waals surface area contributed by atoms with Gasteiger partial charge >= 0.3 is 6.09 Å². The molecule has 1 heterocycles. The summed E-state index contributed by atoms with van der Waals surface area (Å²) in [7, 11) is 0. The van der Waals surface area contributed by atoms with E-state index in [9.17, 15) is 9.59 Å². The first-order chi connectivity index (χ1) is 7.82. The van der Waals surface area contributed by atoms with Crippen molar-refractivity contribution < 1.29 is 14.3 Å². The molecule has 1 atom stereocenters. The number of hydrogen-bond donors (Lipinski definition) is 0. The molecule has 4 heteroatoms. The Morgan fingerprint density at radius 3 is 2.53 bits per heavy atom. The smallest absolute Gasteiger partial charge is 0.410 e. The van der Waals surface area contributed by atoms with E-state index in [1.54, 1.807) is 4.90 Å². The maximum Gasteiger partial charge on any atom is 0.410 e. The molecule has 1 aliphatic heterocycles. The molecule has 1 unspecified atom stereocenters. The second-order valence-electron chi connectivity index (χ2n) is 6.21. The van der Waals surface area contributed by atoms with E-state index in [1.807, 2.05) is 20.8 Å². The molecule has 2 rings (SSSR count). The van der Waals surface area contributed by atoms with Crippen molar-refractivity contribution in [2.45, 2.75) is 52.1 Å². The van der Waals surface area contributed by atoms with E-state index in [-0.39, 0.29) is 11.5 Å². The van der Waals surface area contributed by atoms with Crippen molar-refractivity contribution in [1.29, 1.82) is 0 Å². The number of carbonyl (C=O) groups is 2. The molecule has 0 N–H and O–H groups in total. The van der Waals surface area contributed by atoms with Gasteiger partial charge in [-0.15, -0.1) is 0 Å². The molecule has 1 saturated heterocycles. The molecule has 4 nitrogen and oxygen atoms in total. The third-order valence-corrected chi connectivity index (χ3v) is 3.65. The van der Waals surface area contributed by atoms with Crippen LogP contribution in [0.15, 0.2) is 0 Å². The lowest BCUT2D eigenvalue weighted by atomic mass is 9.63. The number of hydrogen-bond acceptors (Lipinski definition) is 3. The van der Waals surface area contributed by atoms with E-state index in [0.29, 0.717) is 25.3 Å². The Labute approximate surface area is 102 Å². The molecule has 1 aliphatic carbocycles. The van der Waals surface area contributed by atoms with Crippen LogP contribution in [-0.2, 0) is 9.53 Å². The van der Waals surface area contributed by atoms with Crippen LogP contribution in [0.25, 0.3) is 0 Å². The fourth-order valence-corrected chi connectivity index (χ4v) is 2.63. The Kier molecular flexibility index (Phi) is 2.92. The van der Waals surface area contributed by atoms with E-state index < -0.39 is 5.60 Å². The van der Waals surface area contributed by atoms with E-state index in [2.05, 4.69) is 0 Å². The largest absolute Gasteiger partial charge is 0.444 e. The maximum atomic E-state index is 11.9. The van der Waals surface area contributed by atoms with Crippen LogP contribution in [0.2, 0.25) is 0 Å². The molecule has 2 aliphatic rings. The Morgan fingerprint density at radius 2 is 2.06 bits per heavy atom. The summed E-state index contributed by atoms with van der Waals surface area (Å²) in [6, 6.07) is 0. The highest BCUT2D eigenvalue weighted by molar-refractivity contribution is 5.91. The first-order valence-corrected chi connectivity index (χ1v) is 6.34. The molecule has 96 valence electrons. The summed E-state index contributed by atoms with van der Waals surface area (Å²) in [5, 5.41) is 0. The van der Waals surface area contributed by atoms with Crippen LogP contribution in [0.5, 0.6) is 0 Å². The third kappa shape index (κ3) is 2.45. The molecule has 1 spiro atoms. The molecule has 2 fully saturated rings. The normalized spacial score (nSPS) is 29.1. The fraction of sp³-hybridized carbons (Fsp3) is 0.846. The third-order valence-electron chi connectivity index (χ3n) is 3.65. The van der Waals surface area contributed by atoms with Crippen molar-refractivity contribution in [2.75, 3.05) is 13.1 Å². The summed E-state index contributed by atoms with van der Waals surface area (Å²) >= 11 is 0. The zero-order valence-corrected chi connectivity index (χ0v) is 10.9. The van der Waals surface area contributed by atoms with Crippen molar-refractivity contribution in [1.82, 2.24) is 4.90 Å². The van der Waals surface area contributed by atoms with Gasteiger partial charge in [0.15, 0.2) is 0 Å². The Morgan fingerprint density at radius 1 is 1.35 bits per heavy atom. The van der Waals surface area contributed by atoms with Crippen LogP contribution in [-0.4, -0.2) is 35.5 Å². The van der Waals surface area contributed by atoms with Crippen LogP contribution >= 0.6 is 0 Å². The highest BCUT2D eigenvalue weighted by atomic mass is 16.6. The molecule has 1 amide bonds. The van der Waals surface area contributed by atoms with Crippen molar-refractivity contribution in [3.63, 3.8) is 0 Å². The number of ether oxygens (including phenoxy) is 1. The minimum absolute atomic E-state index is 0.227. The highest BCUT2D eigenvalue weighted by Gasteiger charge is 2.49. The second-order valence-corrected chi connectivity index (χ2v) is 6.21. The number of amides is 1. The summed E-state index contributed by atoms with van der Waals surface area (Å²) in [4.78, 5) is 25.3. The van der Waals surface area contributed by atoms with Gasteiger partial charge in [-0.05, 0) is 40.0 Å².